The van der Waals surface area contributed by atoms with Gasteiger partial charge in [0.2, 0.25) is 0 Å². The van der Waals surface area contributed by atoms with E-state index in [2.05, 4.69) is 0 Å². The summed E-state index contributed by atoms with van der Waals surface area (Å²) >= 11 is 0. The lowest BCUT2D eigenvalue weighted by atomic mass is 10.2. The van der Waals surface area contributed by atoms with Crippen LogP contribution >= 0.6 is 0 Å². The van der Waals surface area contributed by atoms with E-state index in [0.717, 1.165) is 0 Å². The number of nitrogens with two attached hydrogens (primary N) is 1. The molecule has 5 heteroatoms. The van der Waals surface area contributed by atoms with E-state index in [0.29, 0.717) is 15.4 Å². The Kier molecular flexibility index (Phi) is 3.61. The second-order valence-corrected chi connectivity index (χ2v) is 5.13. The van der Waals surface area contributed by atoms with Crippen molar-refractivity contribution in [1.82, 2.24) is 0 Å². The minimum Gasteiger partial charge on any atom is -0.398 e. The Morgan fingerprint density at radius 1 is 0.947 bits per heavy atom. The molecule has 1 atom stereocenters. The second kappa shape index (κ2) is 5.34. The van der Waals surface area contributed by atoms with E-state index >= 15 is 0 Å². The maximum Gasteiger partial charge on any atom is 0.103 e. The lowest BCUT2D eigenvalue weighted by Crippen LogP contribution is -2.01. The molecule has 92 valence electrons. The van der Waals surface area contributed by atoms with Crippen LogP contribution in [0.4, 0.5) is 5.69 Å². The molecule has 0 fully saturated rings. The van der Waals surface area contributed by atoms with Crippen LogP contribution in [0.15, 0.2) is 52.3 Å². The minimum atomic E-state index is -1.60. The van der Waals surface area contributed by atoms with E-state index in [4.69, 9.17) is 16.3 Å². The lowest BCUT2D eigenvalue weighted by molar-refractivity contribution is 0.683. The third kappa shape index (κ3) is 2.33. The molecule has 0 bridgehead atoms. The molecular formula is C14H9N3OS. The zero-order chi connectivity index (χ0) is 13.8. The Labute approximate surface area is 113 Å². The molecule has 0 aromatic heterocycles. The first-order valence-corrected chi connectivity index (χ1v) is 6.53. The van der Waals surface area contributed by atoms with Crippen LogP contribution < -0.4 is 5.73 Å². The number of hydrogen-bond acceptors (Lipinski definition) is 4. The standard InChI is InChI=1S/C14H9N3OS/c15-8-10-4-1-2-6-13(10)19(18)14-7-3-5-12(17)11(14)9-16/h1-7H,17H2/t19-/m1/s1. The van der Waals surface area contributed by atoms with Gasteiger partial charge in [0, 0.05) is 0 Å². The Hall–Kier alpha value is -2.63. The zero-order valence-electron chi connectivity index (χ0n) is 9.83. The van der Waals surface area contributed by atoms with Crippen LogP contribution in [-0.4, -0.2) is 4.21 Å². The molecular weight excluding hydrogens is 258 g/mol. The third-order valence-electron chi connectivity index (χ3n) is 2.58. The topological polar surface area (TPSA) is 90.7 Å². The molecule has 0 heterocycles. The molecule has 0 spiro atoms. The summed E-state index contributed by atoms with van der Waals surface area (Å²) in [5.41, 5.74) is 6.49. The van der Waals surface area contributed by atoms with Crippen molar-refractivity contribution in [2.24, 2.45) is 0 Å². The number of hydrogen-bond donors (Lipinski definition) is 1. The summed E-state index contributed by atoms with van der Waals surface area (Å²) < 4.78 is 12.5. The summed E-state index contributed by atoms with van der Waals surface area (Å²) in [7, 11) is -1.60. The molecule has 0 amide bonds. The van der Waals surface area contributed by atoms with Gasteiger partial charge < -0.3 is 5.73 Å². The van der Waals surface area contributed by atoms with Gasteiger partial charge in [0.25, 0.3) is 0 Å². The van der Waals surface area contributed by atoms with Crippen LogP contribution in [0.2, 0.25) is 0 Å². The van der Waals surface area contributed by atoms with Crippen molar-refractivity contribution in [2.45, 2.75) is 9.79 Å². The molecule has 0 aliphatic heterocycles. The molecule has 2 aromatic rings. The smallest absolute Gasteiger partial charge is 0.103 e. The number of anilines is 1. The highest BCUT2D eigenvalue weighted by Gasteiger charge is 2.16. The first-order chi connectivity index (χ1) is 9.19. The molecule has 0 saturated carbocycles. The van der Waals surface area contributed by atoms with Crippen LogP contribution in [0.1, 0.15) is 11.1 Å². The van der Waals surface area contributed by atoms with Crippen LogP contribution in [0.5, 0.6) is 0 Å². The van der Waals surface area contributed by atoms with Crippen LogP contribution in [0, 0.1) is 22.7 Å². The number of benzene rings is 2. The van der Waals surface area contributed by atoms with Crippen LogP contribution in [0.25, 0.3) is 0 Å². The first-order valence-electron chi connectivity index (χ1n) is 5.38. The summed E-state index contributed by atoms with van der Waals surface area (Å²) in [4.78, 5) is 0.706. The largest absolute Gasteiger partial charge is 0.398 e. The zero-order valence-corrected chi connectivity index (χ0v) is 10.6. The number of nitrogen functional groups attached to an aromatic ring is 1. The molecule has 2 rings (SSSR count). The molecule has 0 unspecified atom stereocenters. The summed E-state index contributed by atoms with van der Waals surface area (Å²) in [5.74, 6) is 0. The minimum absolute atomic E-state index is 0.188. The van der Waals surface area contributed by atoms with E-state index in [-0.39, 0.29) is 11.3 Å². The lowest BCUT2D eigenvalue weighted by Gasteiger charge is -2.07. The number of rotatable bonds is 2. The predicted molar refractivity (Wildman–Crippen MR) is 71.4 cm³/mol. The molecule has 2 N–H and O–H groups in total. The predicted octanol–water partition coefficient (Wildman–Crippen LogP) is 2.18. The fraction of sp³-hybridized carbons (Fsp3) is 0. The van der Waals surface area contributed by atoms with Gasteiger partial charge in [0.05, 0.1) is 37.4 Å². The van der Waals surface area contributed by atoms with Crippen molar-refractivity contribution in [3.63, 3.8) is 0 Å². The Morgan fingerprint density at radius 2 is 1.63 bits per heavy atom. The van der Waals surface area contributed by atoms with E-state index in [1.54, 1.807) is 42.5 Å². The highest BCUT2D eigenvalue weighted by atomic mass is 32.2. The Bertz CT molecular complexity index is 741. The summed E-state index contributed by atoms with van der Waals surface area (Å²) in [6.45, 7) is 0. The van der Waals surface area contributed by atoms with Gasteiger partial charge in [-0.05, 0) is 24.3 Å². The van der Waals surface area contributed by atoms with Crippen molar-refractivity contribution in [3.05, 3.63) is 53.6 Å². The van der Waals surface area contributed by atoms with Gasteiger partial charge in [0.15, 0.2) is 0 Å². The fourth-order valence-electron chi connectivity index (χ4n) is 1.66. The fourth-order valence-corrected chi connectivity index (χ4v) is 2.96. The molecule has 0 aliphatic carbocycles. The summed E-state index contributed by atoms with van der Waals surface area (Å²) in [6.07, 6.45) is 0. The first kappa shape index (κ1) is 12.8. The molecule has 0 radical (unpaired) electrons. The Balaban J connectivity index is 2.62. The van der Waals surface area contributed by atoms with E-state index < -0.39 is 10.8 Å². The van der Waals surface area contributed by atoms with Crippen molar-refractivity contribution < 1.29 is 4.21 Å². The molecule has 0 aliphatic rings. The molecule has 0 saturated heterocycles. The van der Waals surface area contributed by atoms with Crippen molar-refractivity contribution >= 4 is 16.5 Å². The van der Waals surface area contributed by atoms with Crippen molar-refractivity contribution in [3.8, 4) is 12.1 Å². The van der Waals surface area contributed by atoms with Gasteiger partial charge in [-0.15, -0.1) is 0 Å². The average molecular weight is 267 g/mol. The Morgan fingerprint density at radius 3 is 2.32 bits per heavy atom. The third-order valence-corrected chi connectivity index (χ3v) is 4.07. The van der Waals surface area contributed by atoms with Gasteiger partial charge in [-0.1, -0.05) is 18.2 Å². The average Bonchev–Trinajstić information content (AvgIpc) is 2.46. The summed E-state index contributed by atoms with van der Waals surface area (Å²) in [6, 6.07) is 15.3. The van der Waals surface area contributed by atoms with E-state index in [1.165, 1.54) is 0 Å². The highest BCUT2D eigenvalue weighted by molar-refractivity contribution is 7.85. The maximum atomic E-state index is 12.5. The van der Waals surface area contributed by atoms with Gasteiger partial charge in [-0.2, -0.15) is 10.5 Å². The highest BCUT2D eigenvalue weighted by Crippen LogP contribution is 2.25. The molecule has 2 aromatic carbocycles. The number of nitrogens with zero attached hydrogens (tertiary/aromatic N) is 2. The molecule has 19 heavy (non-hydrogen) atoms. The van der Waals surface area contributed by atoms with Gasteiger partial charge in [-0.3, -0.25) is 0 Å². The summed E-state index contributed by atoms with van der Waals surface area (Å²) in [5, 5.41) is 18.1. The maximum absolute atomic E-state index is 12.5. The van der Waals surface area contributed by atoms with Crippen LogP contribution in [0.3, 0.4) is 0 Å². The van der Waals surface area contributed by atoms with Gasteiger partial charge in [-0.25, -0.2) is 4.21 Å². The monoisotopic (exact) mass is 267 g/mol. The van der Waals surface area contributed by atoms with Gasteiger partial charge >= 0.3 is 0 Å². The quantitative estimate of drug-likeness (QED) is 0.844. The van der Waals surface area contributed by atoms with E-state index in [1.807, 2.05) is 12.1 Å². The normalized spacial score (nSPS) is 11.3. The SMILES string of the molecule is N#Cc1ccccc1[S@@](=O)c1cccc(N)c1C#N. The van der Waals surface area contributed by atoms with Crippen LogP contribution in [-0.2, 0) is 10.8 Å². The second-order valence-electron chi connectivity index (χ2n) is 3.71. The number of nitriles is 2. The van der Waals surface area contributed by atoms with Gasteiger partial charge in [0.1, 0.15) is 12.1 Å². The van der Waals surface area contributed by atoms with Crippen molar-refractivity contribution in [1.29, 1.82) is 10.5 Å². The van der Waals surface area contributed by atoms with E-state index in [9.17, 15) is 4.21 Å². The molecule has 4 nitrogen and oxygen atoms in total. The van der Waals surface area contributed by atoms with Crippen molar-refractivity contribution in [2.75, 3.05) is 5.73 Å².